The Labute approximate surface area is 167 Å². The lowest BCUT2D eigenvalue weighted by molar-refractivity contribution is 0.0363. The fraction of sp³-hybridized carbons (Fsp3) is 0.400. The Morgan fingerprint density at radius 1 is 1.21 bits per heavy atom. The van der Waals surface area contributed by atoms with Crippen LogP contribution >= 0.6 is 0 Å². The van der Waals surface area contributed by atoms with E-state index < -0.39 is 5.91 Å². The number of aromatic nitrogens is 4. The molecule has 1 amide bonds. The number of fused-ring (bicyclic) bond motifs is 1. The van der Waals surface area contributed by atoms with Crippen molar-refractivity contribution in [2.45, 2.75) is 13.5 Å². The number of hydrogen-bond donors (Lipinski definition) is 1. The van der Waals surface area contributed by atoms with Gasteiger partial charge in [-0.25, -0.2) is 4.68 Å². The lowest BCUT2D eigenvalue weighted by Crippen LogP contribution is -2.40. The normalized spacial score (nSPS) is 15.0. The summed E-state index contributed by atoms with van der Waals surface area (Å²) in [5, 5.41) is 10.9. The number of rotatable bonds is 5. The Bertz CT molecular complexity index is 1100. The second-order valence-corrected chi connectivity index (χ2v) is 7.17. The molecular weight excluding hydrogens is 372 g/mol. The molecule has 0 radical (unpaired) electrons. The summed E-state index contributed by atoms with van der Waals surface area (Å²) in [6, 6.07) is 7.25. The molecule has 0 bridgehead atoms. The number of nitrogens with zero attached hydrogens (tertiary/aromatic N) is 5. The molecule has 1 fully saturated rings. The van der Waals surface area contributed by atoms with Gasteiger partial charge < -0.3 is 14.6 Å². The minimum atomic E-state index is -0.439. The highest BCUT2D eigenvalue weighted by molar-refractivity contribution is 6.08. The van der Waals surface area contributed by atoms with Crippen molar-refractivity contribution in [3.63, 3.8) is 0 Å². The average Bonchev–Trinajstić information content (AvgIpc) is 3.10. The molecule has 4 rings (SSSR count). The minimum Gasteiger partial charge on any atom is -0.379 e. The molecule has 3 aromatic rings. The fourth-order valence-electron chi connectivity index (χ4n) is 3.53. The molecule has 9 heteroatoms. The summed E-state index contributed by atoms with van der Waals surface area (Å²) in [5.74, 6) is -0.439. The second kappa shape index (κ2) is 8.14. The maximum absolute atomic E-state index is 13.0. The van der Waals surface area contributed by atoms with Gasteiger partial charge in [-0.3, -0.25) is 14.5 Å². The van der Waals surface area contributed by atoms with E-state index in [2.05, 4.69) is 20.5 Å². The van der Waals surface area contributed by atoms with Gasteiger partial charge in [0.25, 0.3) is 11.5 Å². The summed E-state index contributed by atoms with van der Waals surface area (Å²) in [7, 11) is 1.79. The molecule has 29 heavy (non-hydrogen) atoms. The van der Waals surface area contributed by atoms with Crippen LogP contribution in [-0.4, -0.2) is 63.2 Å². The van der Waals surface area contributed by atoms with Crippen LogP contribution in [0, 0.1) is 6.92 Å². The zero-order valence-electron chi connectivity index (χ0n) is 16.6. The number of nitrogens with one attached hydrogen (secondary N) is 1. The molecule has 3 heterocycles. The van der Waals surface area contributed by atoms with Crippen LogP contribution in [0.1, 0.15) is 15.9 Å². The Hall–Kier alpha value is -3.04. The Morgan fingerprint density at radius 3 is 2.79 bits per heavy atom. The predicted octanol–water partition coefficient (Wildman–Crippen LogP) is 1.02. The van der Waals surface area contributed by atoms with Crippen LogP contribution in [0.3, 0.4) is 0 Å². The van der Waals surface area contributed by atoms with E-state index in [-0.39, 0.29) is 11.1 Å². The number of carbonyl (C=O) groups excluding carboxylic acids is 1. The first-order chi connectivity index (χ1) is 14.0. The fourth-order valence-corrected chi connectivity index (χ4v) is 3.53. The number of carbonyl (C=O) groups is 1. The van der Waals surface area contributed by atoms with Crippen molar-refractivity contribution >= 4 is 22.6 Å². The zero-order chi connectivity index (χ0) is 20.4. The van der Waals surface area contributed by atoms with Gasteiger partial charge in [0.05, 0.1) is 24.4 Å². The molecule has 1 saturated heterocycles. The van der Waals surface area contributed by atoms with Gasteiger partial charge in [0, 0.05) is 39.4 Å². The predicted molar refractivity (Wildman–Crippen MR) is 109 cm³/mol. The molecule has 0 saturated carbocycles. The van der Waals surface area contributed by atoms with E-state index in [1.54, 1.807) is 41.5 Å². The van der Waals surface area contributed by atoms with Gasteiger partial charge in [0.15, 0.2) is 0 Å². The highest BCUT2D eigenvalue weighted by Gasteiger charge is 2.18. The number of anilines is 1. The molecule has 1 aliphatic heterocycles. The van der Waals surface area contributed by atoms with Crippen LogP contribution in [-0.2, 0) is 18.3 Å². The molecule has 0 aliphatic carbocycles. The van der Waals surface area contributed by atoms with Gasteiger partial charge in [0.1, 0.15) is 11.1 Å². The standard InChI is InChI=1S/C20H24N6O3/c1-14-6-7-26(9-8-25-10-12-29-13-11-25)20(28)17(14)19(27)21-15-4-3-5-16-18(15)22-23-24(16)2/h3-7H,8-13H2,1-2H3,(H,21,27). The number of benzene rings is 1. The quantitative estimate of drug-likeness (QED) is 0.692. The van der Waals surface area contributed by atoms with Gasteiger partial charge in [-0.15, -0.1) is 5.10 Å². The molecule has 1 aromatic carbocycles. The smallest absolute Gasteiger partial charge is 0.263 e. The Morgan fingerprint density at radius 2 is 2.00 bits per heavy atom. The lowest BCUT2D eigenvalue weighted by atomic mass is 10.1. The number of morpholine rings is 1. The largest absolute Gasteiger partial charge is 0.379 e. The number of pyridine rings is 1. The topological polar surface area (TPSA) is 94.3 Å². The summed E-state index contributed by atoms with van der Waals surface area (Å²) < 4.78 is 8.59. The third kappa shape index (κ3) is 3.92. The maximum Gasteiger partial charge on any atom is 0.263 e. The molecule has 1 N–H and O–H groups in total. The van der Waals surface area contributed by atoms with Crippen molar-refractivity contribution in [1.29, 1.82) is 0 Å². The minimum absolute atomic E-state index is 0.148. The van der Waals surface area contributed by atoms with Crippen LogP contribution < -0.4 is 10.9 Å². The highest BCUT2D eigenvalue weighted by Crippen LogP contribution is 2.21. The molecule has 9 nitrogen and oxygen atoms in total. The molecule has 0 unspecified atom stereocenters. The maximum atomic E-state index is 13.0. The molecule has 1 aliphatic rings. The third-order valence-electron chi connectivity index (χ3n) is 5.25. The number of aryl methyl sites for hydroxylation is 2. The van der Waals surface area contributed by atoms with E-state index in [0.717, 1.165) is 25.2 Å². The SMILES string of the molecule is Cc1ccn(CCN2CCOCC2)c(=O)c1C(=O)Nc1cccc2c1nnn2C. The van der Waals surface area contributed by atoms with Gasteiger partial charge in [-0.1, -0.05) is 11.3 Å². The molecule has 152 valence electrons. The first-order valence-corrected chi connectivity index (χ1v) is 9.64. The van der Waals surface area contributed by atoms with Crippen molar-refractivity contribution < 1.29 is 9.53 Å². The van der Waals surface area contributed by atoms with Crippen molar-refractivity contribution in [1.82, 2.24) is 24.5 Å². The third-order valence-corrected chi connectivity index (χ3v) is 5.25. The van der Waals surface area contributed by atoms with E-state index >= 15 is 0 Å². The summed E-state index contributed by atoms with van der Waals surface area (Å²) in [4.78, 5) is 28.2. The summed E-state index contributed by atoms with van der Waals surface area (Å²) in [6.07, 6.45) is 1.75. The zero-order valence-corrected chi connectivity index (χ0v) is 16.6. The first-order valence-electron chi connectivity index (χ1n) is 9.64. The Balaban J connectivity index is 1.56. The first kappa shape index (κ1) is 19.3. The summed E-state index contributed by atoms with van der Waals surface area (Å²) in [5.41, 5.74) is 2.42. The van der Waals surface area contributed by atoms with Gasteiger partial charge in [-0.2, -0.15) is 0 Å². The van der Waals surface area contributed by atoms with Crippen LogP contribution in [0.25, 0.3) is 11.0 Å². The van der Waals surface area contributed by atoms with Crippen LogP contribution in [0.15, 0.2) is 35.3 Å². The molecule has 0 spiro atoms. The van der Waals surface area contributed by atoms with Gasteiger partial charge in [0.2, 0.25) is 0 Å². The van der Waals surface area contributed by atoms with Gasteiger partial charge >= 0.3 is 0 Å². The van der Waals surface area contributed by atoms with E-state index in [1.165, 1.54) is 0 Å². The van der Waals surface area contributed by atoms with Gasteiger partial charge in [-0.05, 0) is 30.7 Å². The lowest BCUT2D eigenvalue weighted by Gasteiger charge is -2.26. The molecule has 2 aromatic heterocycles. The van der Waals surface area contributed by atoms with Crippen molar-refractivity contribution in [2.24, 2.45) is 7.05 Å². The van der Waals surface area contributed by atoms with E-state index in [4.69, 9.17) is 4.74 Å². The molecule has 0 atom stereocenters. The number of amides is 1. The highest BCUT2D eigenvalue weighted by atomic mass is 16.5. The number of hydrogen-bond acceptors (Lipinski definition) is 6. The van der Waals surface area contributed by atoms with E-state index in [9.17, 15) is 9.59 Å². The van der Waals surface area contributed by atoms with Crippen molar-refractivity contribution in [3.05, 3.63) is 51.9 Å². The summed E-state index contributed by atoms with van der Waals surface area (Å²) >= 11 is 0. The second-order valence-electron chi connectivity index (χ2n) is 7.17. The monoisotopic (exact) mass is 396 g/mol. The average molecular weight is 396 g/mol. The van der Waals surface area contributed by atoms with Crippen LogP contribution in [0.4, 0.5) is 5.69 Å². The number of ether oxygens (including phenoxy) is 1. The van der Waals surface area contributed by atoms with Crippen LogP contribution in [0.2, 0.25) is 0 Å². The van der Waals surface area contributed by atoms with E-state index in [0.29, 0.717) is 36.5 Å². The summed E-state index contributed by atoms with van der Waals surface area (Å²) in [6.45, 7) is 6.18. The Kier molecular flexibility index (Phi) is 5.41. The van der Waals surface area contributed by atoms with Crippen LogP contribution in [0.5, 0.6) is 0 Å². The van der Waals surface area contributed by atoms with Crippen molar-refractivity contribution in [2.75, 3.05) is 38.2 Å². The van der Waals surface area contributed by atoms with E-state index in [1.807, 2.05) is 12.1 Å². The molecular formula is C20H24N6O3. The van der Waals surface area contributed by atoms with Crippen molar-refractivity contribution in [3.8, 4) is 0 Å².